The van der Waals surface area contributed by atoms with Crippen molar-refractivity contribution in [2.24, 2.45) is 0 Å². The largest absolute Gasteiger partial charge is 0.352 e. The van der Waals surface area contributed by atoms with Gasteiger partial charge in [-0.1, -0.05) is 122 Å². The number of amides is 2. The topological polar surface area (TPSA) is 86.8 Å². The van der Waals surface area contributed by atoms with Crippen LogP contribution in [0.1, 0.15) is 68.6 Å². The number of sulfonamides is 1. The zero-order valence-corrected chi connectivity index (χ0v) is 30.0. The van der Waals surface area contributed by atoms with Crippen LogP contribution in [0, 0.1) is 0 Å². The van der Waals surface area contributed by atoms with E-state index in [4.69, 9.17) is 0 Å². The van der Waals surface area contributed by atoms with Gasteiger partial charge in [-0.05, 0) is 71.8 Å². The van der Waals surface area contributed by atoms with Crippen LogP contribution in [0.4, 0.5) is 5.69 Å². The molecule has 1 saturated carbocycles. The summed E-state index contributed by atoms with van der Waals surface area (Å²) in [4.78, 5) is 30.6. The summed E-state index contributed by atoms with van der Waals surface area (Å²) in [5, 5.41) is 3.26. The van der Waals surface area contributed by atoms with Crippen LogP contribution < -0.4 is 9.62 Å². The minimum Gasteiger partial charge on any atom is -0.352 e. The Balaban J connectivity index is 1.56. The molecular weight excluding hydrogens is 686 g/mol. The number of carbonyl (C=O) groups is 2. The molecule has 5 rings (SSSR count). The van der Waals surface area contributed by atoms with Crippen molar-refractivity contribution in [3.05, 3.63) is 130 Å². The first-order valence-electron chi connectivity index (χ1n) is 16.7. The predicted octanol–water partition coefficient (Wildman–Crippen LogP) is 7.86. The molecule has 1 atom stereocenters. The second kappa shape index (κ2) is 16.4. The fourth-order valence-electron chi connectivity index (χ4n) is 6.20. The third kappa shape index (κ3) is 9.14. The smallest absolute Gasteiger partial charge is 0.264 e. The molecule has 1 aliphatic carbocycles. The van der Waals surface area contributed by atoms with Gasteiger partial charge < -0.3 is 10.2 Å². The molecule has 1 aliphatic rings. The van der Waals surface area contributed by atoms with Gasteiger partial charge in [0.1, 0.15) is 12.6 Å². The summed E-state index contributed by atoms with van der Waals surface area (Å²) < 4.78 is 30.5. The van der Waals surface area contributed by atoms with Crippen molar-refractivity contribution < 1.29 is 18.0 Å². The highest BCUT2D eigenvalue weighted by Gasteiger charge is 2.35. The zero-order valence-electron chi connectivity index (χ0n) is 27.6. The summed E-state index contributed by atoms with van der Waals surface area (Å²) in [5.41, 5.74) is 3.16. The first kappa shape index (κ1) is 35.4. The molecule has 1 N–H and O–H groups in total. The Morgan fingerprint density at radius 3 is 2.06 bits per heavy atom. The molecule has 7 nitrogen and oxygen atoms in total. The van der Waals surface area contributed by atoms with Crippen LogP contribution in [0.5, 0.6) is 0 Å². The molecule has 1 fully saturated rings. The first-order valence-corrected chi connectivity index (χ1v) is 18.9. The summed E-state index contributed by atoms with van der Waals surface area (Å²) in [6.07, 6.45) is 5.34. The molecule has 0 radical (unpaired) electrons. The van der Waals surface area contributed by atoms with E-state index in [1.165, 1.54) is 16.4 Å². The monoisotopic (exact) mass is 729 g/mol. The highest BCUT2D eigenvalue weighted by molar-refractivity contribution is 9.10. The Morgan fingerprint density at radius 1 is 0.812 bits per heavy atom. The molecule has 0 heterocycles. The van der Waals surface area contributed by atoms with Gasteiger partial charge in [0, 0.05) is 23.5 Å². The van der Waals surface area contributed by atoms with Crippen molar-refractivity contribution in [2.75, 3.05) is 10.8 Å². The lowest BCUT2D eigenvalue weighted by atomic mass is 9.94. The van der Waals surface area contributed by atoms with E-state index < -0.39 is 28.5 Å². The maximum absolute atomic E-state index is 14.7. The molecule has 252 valence electrons. The number of benzene rings is 4. The Morgan fingerprint density at radius 2 is 1.44 bits per heavy atom. The minimum atomic E-state index is -4.15. The molecule has 0 aromatic heterocycles. The van der Waals surface area contributed by atoms with Gasteiger partial charge in [0.25, 0.3) is 10.0 Å². The summed E-state index contributed by atoms with van der Waals surface area (Å²) >= 11 is 3.54. The molecule has 48 heavy (non-hydrogen) atoms. The number of hydrogen-bond acceptors (Lipinski definition) is 4. The molecule has 0 spiro atoms. The molecule has 4 aromatic rings. The van der Waals surface area contributed by atoms with Gasteiger partial charge in [-0.3, -0.25) is 13.9 Å². The molecule has 0 unspecified atom stereocenters. The Labute approximate surface area is 293 Å². The van der Waals surface area contributed by atoms with E-state index in [-0.39, 0.29) is 35.7 Å². The number of nitrogens with zero attached hydrogens (tertiary/aromatic N) is 2. The molecule has 0 saturated heterocycles. The van der Waals surface area contributed by atoms with Crippen molar-refractivity contribution in [2.45, 2.75) is 81.8 Å². The average molecular weight is 731 g/mol. The lowest BCUT2D eigenvalue weighted by molar-refractivity contribution is -0.140. The Bertz CT molecular complexity index is 1760. The molecule has 2 amide bonds. The third-order valence-corrected chi connectivity index (χ3v) is 11.2. The lowest BCUT2D eigenvalue weighted by Crippen LogP contribution is -2.55. The van der Waals surface area contributed by atoms with E-state index in [0.29, 0.717) is 5.69 Å². The summed E-state index contributed by atoms with van der Waals surface area (Å²) in [6, 6.07) is 31.9. The predicted molar refractivity (Wildman–Crippen MR) is 195 cm³/mol. The standard InChI is InChI=1S/C39H44BrN3O4S/c1-29(2)32-21-23-35(24-22-32)43(48(46,47)36-19-10-5-11-20-36)28-38(44)42(27-31-15-12-16-33(40)25-31)37(26-30-13-6-3-7-14-30)39(45)41-34-17-8-4-9-18-34/h3,5-7,10-16,19-25,29,34,37H,4,8-9,17-18,26-28H2,1-2H3,(H,41,45)/t37-/m1/s1. The van der Waals surface area contributed by atoms with Gasteiger partial charge in [-0.25, -0.2) is 8.42 Å². The number of nitrogens with one attached hydrogen (secondary N) is 1. The van der Waals surface area contributed by atoms with Crippen LogP contribution in [0.2, 0.25) is 0 Å². The van der Waals surface area contributed by atoms with Gasteiger partial charge in [-0.2, -0.15) is 0 Å². The van der Waals surface area contributed by atoms with E-state index in [1.54, 1.807) is 35.2 Å². The van der Waals surface area contributed by atoms with Gasteiger partial charge in [-0.15, -0.1) is 0 Å². The average Bonchev–Trinajstić information content (AvgIpc) is 3.10. The maximum atomic E-state index is 14.7. The number of anilines is 1. The van der Waals surface area contributed by atoms with E-state index in [0.717, 1.165) is 53.3 Å². The number of halogens is 1. The first-order chi connectivity index (χ1) is 23.1. The molecule has 9 heteroatoms. The molecule has 0 bridgehead atoms. The molecular formula is C39H44BrN3O4S. The Hall–Kier alpha value is -3.95. The van der Waals surface area contributed by atoms with Gasteiger partial charge in [0.2, 0.25) is 11.8 Å². The van der Waals surface area contributed by atoms with Crippen molar-refractivity contribution in [1.29, 1.82) is 0 Å². The zero-order chi connectivity index (χ0) is 34.1. The number of rotatable bonds is 13. The van der Waals surface area contributed by atoms with E-state index in [1.807, 2.05) is 66.7 Å². The van der Waals surface area contributed by atoms with Crippen LogP contribution in [-0.4, -0.2) is 43.8 Å². The molecule has 0 aliphatic heterocycles. The van der Waals surface area contributed by atoms with Crippen molar-refractivity contribution in [1.82, 2.24) is 10.2 Å². The van der Waals surface area contributed by atoms with Crippen LogP contribution in [0.3, 0.4) is 0 Å². The highest BCUT2D eigenvalue weighted by Crippen LogP contribution is 2.27. The quantitative estimate of drug-likeness (QED) is 0.152. The Kier molecular flexibility index (Phi) is 12.1. The van der Waals surface area contributed by atoms with Gasteiger partial charge in [0.15, 0.2) is 0 Å². The lowest BCUT2D eigenvalue weighted by Gasteiger charge is -2.35. The van der Waals surface area contributed by atoms with Crippen LogP contribution in [0.15, 0.2) is 119 Å². The number of carbonyl (C=O) groups excluding carboxylic acids is 2. The van der Waals surface area contributed by atoms with Crippen LogP contribution >= 0.6 is 15.9 Å². The van der Waals surface area contributed by atoms with Crippen LogP contribution in [0.25, 0.3) is 0 Å². The minimum absolute atomic E-state index is 0.0433. The second-order valence-corrected chi connectivity index (χ2v) is 15.5. The third-order valence-electron chi connectivity index (χ3n) is 8.92. The summed E-state index contributed by atoms with van der Waals surface area (Å²) in [5.74, 6) is -0.447. The van der Waals surface area contributed by atoms with E-state index >= 15 is 0 Å². The second-order valence-electron chi connectivity index (χ2n) is 12.8. The van der Waals surface area contributed by atoms with Crippen molar-refractivity contribution in [3.63, 3.8) is 0 Å². The van der Waals surface area contributed by atoms with Gasteiger partial charge in [0.05, 0.1) is 10.6 Å². The highest BCUT2D eigenvalue weighted by atomic mass is 79.9. The van der Waals surface area contributed by atoms with Crippen molar-refractivity contribution in [3.8, 4) is 0 Å². The van der Waals surface area contributed by atoms with Gasteiger partial charge >= 0.3 is 0 Å². The summed E-state index contributed by atoms with van der Waals surface area (Å²) in [6.45, 7) is 3.79. The van der Waals surface area contributed by atoms with E-state index in [2.05, 4.69) is 35.1 Å². The maximum Gasteiger partial charge on any atom is 0.264 e. The van der Waals surface area contributed by atoms with Crippen LogP contribution in [-0.2, 0) is 32.6 Å². The fourth-order valence-corrected chi connectivity index (χ4v) is 8.09. The SMILES string of the molecule is CC(C)c1ccc(N(CC(=O)N(Cc2cccc(Br)c2)[C@H](Cc2ccccc2)C(=O)NC2CCCCC2)S(=O)(=O)c2ccccc2)cc1. The number of hydrogen-bond donors (Lipinski definition) is 1. The van der Waals surface area contributed by atoms with E-state index in [9.17, 15) is 18.0 Å². The molecule has 4 aromatic carbocycles. The fraction of sp³-hybridized carbons (Fsp3) is 0.333. The summed E-state index contributed by atoms with van der Waals surface area (Å²) in [7, 11) is -4.15. The van der Waals surface area contributed by atoms with Crippen molar-refractivity contribution >= 4 is 43.5 Å². The normalized spacial score (nSPS) is 14.3.